The number of nitrogens with one attached hydrogen (secondary N) is 1. The van der Waals surface area contributed by atoms with Crippen LogP contribution in [0.1, 0.15) is 42.7 Å². The van der Waals surface area contributed by atoms with Crippen LogP contribution in [0, 0.1) is 5.92 Å². The molecular formula is C22H23ClN2O3. The summed E-state index contributed by atoms with van der Waals surface area (Å²) < 4.78 is 0. The first kappa shape index (κ1) is 18.8. The number of halogens is 1. The van der Waals surface area contributed by atoms with Gasteiger partial charge in [-0.15, -0.1) is 0 Å². The minimum atomic E-state index is -0.678. The first-order chi connectivity index (χ1) is 13.5. The molecule has 2 amide bonds. The van der Waals surface area contributed by atoms with Gasteiger partial charge in [-0.1, -0.05) is 23.7 Å². The quantitative estimate of drug-likeness (QED) is 0.737. The lowest BCUT2D eigenvalue weighted by Gasteiger charge is -2.26. The molecule has 28 heavy (non-hydrogen) atoms. The third kappa shape index (κ3) is 3.85. The van der Waals surface area contributed by atoms with Crippen LogP contribution in [0.25, 0.3) is 0 Å². The number of hydrogen-bond donors (Lipinski definition) is 2. The standard InChI is InChI=1S/C22H23ClN2O3/c23-18-7-10-20-17(13-18)11-12-25(20)22(28)24-19-8-5-15(6-9-19)14-1-3-16(4-2-14)21(26)27/h5-10,13-14,16H,1-4,11-12H2,(H,24,28)(H,26,27)/t14-,16+. The molecule has 1 aliphatic carbocycles. The predicted octanol–water partition coefficient (Wildman–Crippen LogP) is 5.29. The number of urea groups is 1. The van der Waals surface area contributed by atoms with Crippen molar-refractivity contribution in [2.75, 3.05) is 16.8 Å². The van der Waals surface area contributed by atoms with Crippen molar-refractivity contribution in [1.82, 2.24) is 0 Å². The topological polar surface area (TPSA) is 69.6 Å². The maximum absolute atomic E-state index is 12.7. The van der Waals surface area contributed by atoms with Gasteiger partial charge in [0.1, 0.15) is 0 Å². The molecular weight excluding hydrogens is 376 g/mol. The van der Waals surface area contributed by atoms with Crippen LogP contribution in [0.5, 0.6) is 0 Å². The SMILES string of the molecule is O=C(Nc1ccc([C@H]2CC[C@@H](C(=O)O)CC2)cc1)N1CCc2cc(Cl)ccc21. The van der Waals surface area contributed by atoms with E-state index in [1.807, 2.05) is 36.4 Å². The summed E-state index contributed by atoms with van der Waals surface area (Å²) in [5, 5.41) is 12.8. The van der Waals surface area contributed by atoms with E-state index in [4.69, 9.17) is 16.7 Å². The molecule has 2 aromatic rings. The van der Waals surface area contributed by atoms with Crippen LogP contribution in [0.3, 0.4) is 0 Å². The summed E-state index contributed by atoms with van der Waals surface area (Å²) in [5.74, 6) is -0.481. The van der Waals surface area contributed by atoms with E-state index in [1.54, 1.807) is 11.0 Å². The van der Waals surface area contributed by atoms with Gasteiger partial charge in [0.25, 0.3) is 0 Å². The lowest BCUT2D eigenvalue weighted by atomic mass is 9.79. The van der Waals surface area contributed by atoms with E-state index in [-0.39, 0.29) is 11.9 Å². The van der Waals surface area contributed by atoms with Crippen molar-refractivity contribution < 1.29 is 14.7 Å². The Morgan fingerprint density at radius 2 is 1.75 bits per heavy atom. The van der Waals surface area contributed by atoms with Gasteiger partial charge in [-0.05, 0) is 79.5 Å². The molecule has 0 bridgehead atoms. The highest BCUT2D eigenvalue weighted by atomic mass is 35.5. The summed E-state index contributed by atoms with van der Waals surface area (Å²) in [6.07, 6.45) is 4.07. The zero-order valence-corrected chi connectivity index (χ0v) is 16.3. The van der Waals surface area contributed by atoms with Crippen LogP contribution in [-0.4, -0.2) is 23.7 Å². The van der Waals surface area contributed by atoms with E-state index >= 15 is 0 Å². The monoisotopic (exact) mass is 398 g/mol. The van der Waals surface area contributed by atoms with Gasteiger partial charge in [-0.2, -0.15) is 0 Å². The van der Waals surface area contributed by atoms with Gasteiger partial charge in [0.05, 0.1) is 5.92 Å². The molecule has 0 spiro atoms. The average Bonchev–Trinajstić information content (AvgIpc) is 3.12. The lowest BCUT2D eigenvalue weighted by molar-refractivity contribution is -0.142. The number of anilines is 2. The van der Waals surface area contributed by atoms with E-state index in [0.29, 0.717) is 17.5 Å². The van der Waals surface area contributed by atoms with Gasteiger partial charge >= 0.3 is 12.0 Å². The molecule has 6 heteroatoms. The fraction of sp³-hybridized carbons (Fsp3) is 0.364. The Morgan fingerprint density at radius 3 is 2.43 bits per heavy atom. The number of amides is 2. The van der Waals surface area contributed by atoms with Crippen molar-refractivity contribution in [3.05, 3.63) is 58.6 Å². The molecule has 0 aromatic heterocycles. The van der Waals surface area contributed by atoms with Crippen molar-refractivity contribution in [1.29, 1.82) is 0 Å². The first-order valence-corrected chi connectivity index (χ1v) is 10.1. The molecule has 0 atom stereocenters. The van der Waals surface area contributed by atoms with Gasteiger partial charge < -0.3 is 10.4 Å². The minimum Gasteiger partial charge on any atom is -0.481 e. The summed E-state index contributed by atoms with van der Waals surface area (Å²) in [6, 6.07) is 13.4. The highest BCUT2D eigenvalue weighted by molar-refractivity contribution is 6.30. The molecule has 4 rings (SSSR count). The van der Waals surface area contributed by atoms with E-state index in [0.717, 1.165) is 49.0 Å². The van der Waals surface area contributed by atoms with E-state index in [2.05, 4.69) is 5.32 Å². The fourth-order valence-corrected chi connectivity index (χ4v) is 4.48. The summed E-state index contributed by atoms with van der Waals surface area (Å²) in [7, 11) is 0. The molecule has 2 aromatic carbocycles. The number of carboxylic acids is 1. The molecule has 5 nitrogen and oxygen atoms in total. The van der Waals surface area contributed by atoms with Crippen LogP contribution in [-0.2, 0) is 11.2 Å². The first-order valence-electron chi connectivity index (χ1n) is 9.71. The van der Waals surface area contributed by atoms with Crippen molar-refractivity contribution in [2.24, 2.45) is 5.92 Å². The number of carbonyl (C=O) groups excluding carboxylic acids is 1. The number of aliphatic carboxylic acids is 1. The Bertz CT molecular complexity index is 889. The predicted molar refractivity (Wildman–Crippen MR) is 110 cm³/mol. The van der Waals surface area contributed by atoms with E-state index < -0.39 is 5.97 Å². The highest BCUT2D eigenvalue weighted by Crippen LogP contribution is 2.36. The molecule has 0 unspecified atom stereocenters. The lowest BCUT2D eigenvalue weighted by Crippen LogP contribution is -2.33. The van der Waals surface area contributed by atoms with Crippen LogP contribution in [0.2, 0.25) is 5.02 Å². The van der Waals surface area contributed by atoms with Crippen LogP contribution in [0.4, 0.5) is 16.2 Å². The largest absolute Gasteiger partial charge is 0.481 e. The van der Waals surface area contributed by atoms with Crippen LogP contribution < -0.4 is 10.2 Å². The number of hydrogen-bond acceptors (Lipinski definition) is 2. The second-order valence-corrected chi connectivity index (χ2v) is 8.05. The minimum absolute atomic E-state index is 0.143. The molecule has 1 heterocycles. The fourth-order valence-electron chi connectivity index (χ4n) is 4.28. The smallest absolute Gasteiger partial charge is 0.326 e. The van der Waals surface area contributed by atoms with Crippen molar-refractivity contribution in [3.8, 4) is 0 Å². The number of nitrogens with zero attached hydrogens (tertiary/aromatic N) is 1. The molecule has 1 aliphatic heterocycles. The number of carboxylic acid groups (broad SMARTS) is 1. The maximum Gasteiger partial charge on any atom is 0.326 e. The Balaban J connectivity index is 1.38. The third-order valence-corrected chi connectivity index (χ3v) is 6.13. The molecule has 1 fully saturated rings. The Kier molecular flexibility index (Phi) is 5.27. The third-order valence-electron chi connectivity index (χ3n) is 5.89. The number of fused-ring (bicyclic) bond motifs is 1. The van der Waals surface area contributed by atoms with Crippen LogP contribution >= 0.6 is 11.6 Å². The molecule has 146 valence electrons. The van der Waals surface area contributed by atoms with Gasteiger partial charge in [-0.3, -0.25) is 9.69 Å². The Labute approximate surface area is 169 Å². The van der Waals surface area contributed by atoms with E-state index in [9.17, 15) is 9.59 Å². The van der Waals surface area contributed by atoms with Gasteiger partial charge in [0.15, 0.2) is 0 Å². The average molecular weight is 399 g/mol. The maximum atomic E-state index is 12.7. The summed E-state index contributed by atoms with van der Waals surface area (Å²) >= 11 is 6.03. The number of benzene rings is 2. The summed E-state index contributed by atoms with van der Waals surface area (Å²) in [5.41, 5.74) is 3.97. The Hall–Kier alpha value is -2.53. The molecule has 1 saturated carbocycles. The second kappa shape index (κ2) is 7.84. The van der Waals surface area contributed by atoms with Gasteiger partial charge in [0.2, 0.25) is 0 Å². The zero-order valence-electron chi connectivity index (χ0n) is 15.5. The number of carbonyl (C=O) groups is 2. The molecule has 0 radical (unpaired) electrons. The van der Waals surface area contributed by atoms with Gasteiger partial charge in [0, 0.05) is 22.9 Å². The normalized spacial score (nSPS) is 21.2. The summed E-state index contributed by atoms with van der Waals surface area (Å²) in [6.45, 7) is 0.645. The molecule has 2 N–H and O–H groups in total. The zero-order chi connectivity index (χ0) is 19.7. The van der Waals surface area contributed by atoms with Crippen molar-refractivity contribution in [2.45, 2.75) is 38.0 Å². The molecule has 0 saturated heterocycles. The van der Waals surface area contributed by atoms with Crippen molar-refractivity contribution in [3.63, 3.8) is 0 Å². The number of rotatable bonds is 3. The Morgan fingerprint density at radius 1 is 1.04 bits per heavy atom. The summed E-state index contributed by atoms with van der Waals surface area (Å²) in [4.78, 5) is 25.5. The van der Waals surface area contributed by atoms with Crippen molar-refractivity contribution >= 4 is 35.0 Å². The molecule has 2 aliphatic rings. The van der Waals surface area contributed by atoms with E-state index in [1.165, 1.54) is 5.56 Å². The highest BCUT2D eigenvalue weighted by Gasteiger charge is 2.27. The van der Waals surface area contributed by atoms with Gasteiger partial charge in [-0.25, -0.2) is 4.79 Å². The second-order valence-electron chi connectivity index (χ2n) is 7.61. The van der Waals surface area contributed by atoms with Crippen LogP contribution in [0.15, 0.2) is 42.5 Å².